The minimum absolute atomic E-state index is 0.105. The van der Waals surface area contributed by atoms with Gasteiger partial charge >= 0.3 is 5.97 Å². The second-order valence-electron chi connectivity index (χ2n) is 7.71. The lowest BCUT2D eigenvalue weighted by molar-refractivity contribution is -0.125. The summed E-state index contributed by atoms with van der Waals surface area (Å²) in [5.74, 6) is 0.336. The molecule has 1 N–H and O–H groups in total. The molecule has 27 heavy (non-hydrogen) atoms. The maximum atomic E-state index is 12.2. The van der Waals surface area contributed by atoms with E-state index in [2.05, 4.69) is 19.2 Å². The molecule has 1 heterocycles. The number of nitrogens with zero attached hydrogens (tertiary/aromatic N) is 1. The topological polar surface area (TPSA) is 75.7 Å². The lowest BCUT2D eigenvalue weighted by Crippen LogP contribution is -2.45. The first-order valence-corrected chi connectivity index (χ1v) is 9.82. The molecule has 1 aromatic rings. The van der Waals surface area contributed by atoms with Crippen LogP contribution in [0.25, 0.3) is 0 Å². The fourth-order valence-electron chi connectivity index (χ4n) is 3.95. The zero-order valence-electron chi connectivity index (χ0n) is 16.1. The summed E-state index contributed by atoms with van der Waals surface area (Å²) < 4.78 is 5.15. The van der Waals surface area contributed by atoms with Gasteiger partial charge in [-0.15, -0.1) is 0 Å². The third-order valence-corrected chi connectivity index (χ3v) is 5.88. The van der Waals surface area contributed by atoms with Gasteiger partial charge in [-0.2, -0.15) is 0 Å². The Morgan fingerprint density at radius 3 is 2.56 bits per heavy atom. The monoisotopic (exact) mass is 372 g/mol. The summed E-state index contributed by atoms with van der Waals surface area (Å²) in [5.41, 5.74) is 1.16. The third-order valence-electron chi connectivity index (χ3n) is 5.88. The Morgan fingerprint density at radius 2 is 1.89 bits per heavy atom. The Morgan fingerprint density at radius 1 is 1.15 bits per heavy atom. The molecular formula is C21H28N2O4. The summed E-state index contributed by atoms with van der Waals surface area (Å²) in [7, 11) is 0. The smallest absolute Gasteiger partial charge is 0.338 e. The van der Waals surface area contributed by atoms with Gasteiger partial charge in [-0.3, -0.25) is 9.59 Å². The van der Waals surface area contributed by atoms with E-state index in [1.807, 2.05) is 0 Å². The quantitative estimate of drug-likeness (QED) is 0.807. The molecule has 1 aliphatic heterocycles. The molecule has 1 aromatic carbocycles. The fourth-order valence-corrected chi connectivity index (χ4v) is 3.95. The van der Waals surface area contributed by atoms with Crippen LogP contribution in [0.5, 0.6) is 0 Å². The van der Waals surface area contributed by atoms with E-state index in [4.69, 9.17) is 4.74 Å². The molecule has 2 aliphatic rings. The fraction of sp³-hybridized carbons (Fsp3) is 0.571. The van der Waals surface area contributed by atoms with Gasteiger partial charge in [0.1, 0.15) is 0 Å². The number of carbonyl (C=O) groups is 3. The van der Waals surface area contributed by atoms with Crippen LogP contribution in [0.15, 0.2) is 24.3 Å². The highest BCUT2D eigenvalue weighted by Crippen LogP contribution is 2.29. The van der Waals surface area contributed by atoms with Crippen molar-refractivity contribution in [3.8, 4) is 0 Å². The van der Waals surface area contributed by atoms with Crippen LogP contribution < -0.4 is 10.2 Å². The van der Waals surface area contributed by atoms with Crippen molar-refractivity contribution >= 4 is 23.5 Å². The number of nitrogens with one attached hydrogen (secondary N) is 1. The molecule has 0 aromatic heterocycles. The van der Waals surface area contributed by atoms with E-state index in [1.165, 1.54) is 6.42 Å². The van der Waals surface area contributed by atoms with Gasteiger partial charge < -0.3 is 15.0 Å². The molecule has 1 saturated carbocycles. The number of hydrogen-bond acceptors (Lipinski definition) is 4. The van der Waals surface area contributed by atoms with Gasteiger partial charge in [0.15, 0.2) is 6.61 Å². The maximum Gasteiger partial charge on any atom is 0.338 e. The van der Waals surface area contributed by atoms with E-state index in [1.54, 1.807) is 29.2 Å². The highest BCUT2D eigenvalue weighted by atomic mass is 16.5. The Kier molecular flexibility index (Phi) is 6.14. The predicted octanol–water partition coefficient (Wildman–Crippen LogP) is 2.91. The molecule has 3 rings (SSSR count). The first-order valence-electron chi connectivity index (χ1n) is 9.82. The highest BCUT2D eigenvalue weighted by molar-refractivity contribution is 5.96. The van der Waals surface area contributed by atoms with Crippen LogP contribution in [0.4, 0.5) is 5.69 Å². The minimum Gasteiger partial charge on any atom is -0.452 e. The normalized spacial score (nSPS) is 25.3. The largest absolute Gasteiger partial charge is 0.452 e. The second-order valence-corrected chi connectivity index (χ2v) is 7.71. The number of anilines is 1. The van der Waals surface area contributed by atoms with Crippen molar-refractivity contribution in [1.29, 1.82) is 0 Å². The summed E-state index contributed by atoms with van der Waals surface area (Å²) in [5, 5.41) is 3.00. The molecule has 0 unspecified atom stereocenters. The van der Waals surface area contributed by atoms with Crippen LogP contribution >= 0.6 is 0 Å². The van der Waals surface area contributed by atoms with Crippen LogP contribution in [0.3, 0.4) is 0 Å². The Hall–Kier alpha value is -2.37. The van der Waals surface area contributed by atoms with Crippen molar-refractivity contribution < 1.29 is 19.1 Å². The number of hydrogen-bond donors (Lipinski definition) is 1. The molecule has 0 spiro atoms. The number of carbonyl (C=O) groups excluding carboxylic acids is 3. The van der Waals surface area contributed by atoms with Crippen LogP contribution in [0, 0.1) is 11.8 Å². The predicted molar refractivity (Wildman–Crippen MR) is 102 cm³/mol. The molecule has 1 aliphatic carbocycles. The molecular weight excluding hydrogens is 344 g/mol. The summed E-state index contributed by atoms with van der Waals surface area (Å²) in [6, 6.07) is 6.89. The SMILES string of the molecule is C[C@@H]1[C@H](C)CCC[C@@H]1NC(=O)COC(=O)c1ccc(N2CCCC2=O)cc1. The van der Waals surface area contributed by atoms with Gasteiger partial charge in [0.2, 0.25) is 5.91 Å². The molecule has 2 amide bonds. The van der Waals surface area contributed by atoms with Gasteiger partial charge in [-0.05, 0) is 48.9 Å². The van der Waals surface area contributed by atoms with Crippen LogP contribution in [-0.4, -0.2) is 37.0 Å². The second kappa shape index (κ2) is 8.55. The van der Waals surface area contributed by atoms with Gasteiger partial charge in [-0.1, -0.05) is 26.7 Å². The van der Waals surface area contributed by atoms with E-state index in [0.717, 1.165) is 24.9 Å². The molecule has 2 fully saturated rings. The average Bonchev–Trinajstić information content (AvgIpc) is 3.09. The van der Waals surface area contributed by atoms with E-state index in [-0.39, 0.29) is 24.5 Å². The lowest BCUT2D eigenvalue weighted by atomic mass is 9.78. The lowest BCUT2D eigenvalue weighted by Gasteiger charge is -2.34. The summed E-state index contributed by atoms with van der Waals surface area (Å²) in [6.07, 6.45) is 4.71. The van der Waals surface area contributed by atoms with Gasteiger partial charge in [0.05, 0.1) is 5.56 Å². The van der Waals surface area contributed by atoms with Gasteiger partial charge in [-0.25, -0.2) is 4.79 Å². The maximum absolute atomic E-state index is 12.2. The summed E-state index contributed by atoms with van der Waals surface area (Å²) in [4.78, 5) is 37.8. The Bertz CT molecular complexity index is 701. The number of rotatable bonds is 5. The van der Waals surface area contributed by atoms with E-state index < -0.39 is 5.97 Å². The van der Waals surface area contributed by atoms with Crippen molar-refractivity contribution in [3.63, 3.8) is 0 Å². The van der Waals surface area contributed by atoms with E-state index >= 15 is 0 Å². The van der Waals surface area contributed by atoms with Crippen LogP contribution in [0.1, 0.15) is 56.3 Å². The Balaban J connectivity index is 1.48. The average molecular weight is 372 g/mol. The minimum atomic E-state index is -0.533. The van der Waals surface area contributed by atoms with Crippen molar-refractivity contribution in [2.24, 2.45) is 11.8 Å². The zero-order chi connectivity index (χ0) is 19.4. The van der Waals surface area contributed by atoms with Crippen molar-refractivity contribution in [2.45, 2.75) is 52.0 Å². The van der Waals surface area contributed by atoms with Crippen LogP contribution in [-0.2, 0) is 14.3 Å². The number of amides is 2. The van der Waals surface area contributed by atoms with Crippen LogP contribution in [0.2, 0.25) is 0 Å². The third kappa shape index (κ3) is 4.67. The summed E-state index contributed by atoms with van der Waals surface area (Å²) in [6.45, 7) is 4.81. The molecule has 0 bridgehead atoms. The molecule has 3 atom stereocenters. The molecule has 1 saturated heterocycles. The molecule has 0 radical (unpaired) electrons. The van der Waals surface area contributed by atoms with E-state index in [0.29, 0.717) is 30.4 Å². The number of ether oxygens (including phenoxy) is 1. The highest BCUT2D eigenvalue weighted by Gasteiger charge is 2.28. The molecule has 146 valence electrons. The number of esters is 1. The van der Waals surface area contributed by atoms with Crippen molar-refractivity contribution in [1.82, 2.24) is 5.32 Å². The van der Waals surface area contributed by atoms with E-state index in [9.17, 15) is 14.4 Å². The standard InChI is InChI=1S/C21H28N2O4/c1-14-5-3-6-18(15(14)2)22-19(24)13-27-21(26)16-8-10-17(11-9-16)23-12-4-7-20(23)25/h8-11,14-15,18H,3-7,12-13H2,1-2H3,(H,22,24)/t14-,15-,18+/m1/s1. The first kappa shape index (κ1) is 19.4. The molecule has 6 heteroatoms. The summed E-state index contributed by atoms with van der Waals surface area (Å²) >= 11 is 0. The first-order chi connectivity index (χ1) is 13.0. The zero-order valence-corrected chi connectivity index (χ0v) is 16.1. The Labute approximate surface area is 160 Å². The number of benzene rings is 1. The van der Waals surface area contributed by atoms with Crippen molar-refractivity contribution in [2.75, 3.05) is 18.1 Å². The van der Waals surface area contributed by atoms with Gasteiger partial charge in [0.25, 0.3) is 5.91 Å². The molecule has 6 nitrogen and oxygen atoms in total. The van der Waals surface area contributed by atoms with Gasteiger partial charge in [0, 0.05) is 24.7 Å². The van der Waals surface area contributed by atoms with Crippen molar-refractivity contribution in [3.05, 3.63) is 29.8 Å².